The van der Waals surface area contributed by atoms with Crippen LogP contribution >= 0.6 is 11.8 Å². The highest BCUT2D eigenvalue weighted by Gasteiger charge is 2.10. The fourth-order valence-electron chi connectivity index (χ4n) is 4.61. The third kappa shape index (κ3) is 11.5. The van der Waals surface area contributed by atoms with Crippen molar-refractivity contribution >= 4 is 17.7 Å². The molecule has 0 saturated carbocycles. The van der Waals surface area contributed by atoms with Crippen LogP contribution in [0.5, 0.6) is 11.5 Å². The molecule has 3 aromatic carbocycles. The van der Waals surface area contributed by atoms with Crippen molar-refractivity contribution in [1.29, 1.82) is 0 Å². The molecule has 0 aliphatic carbocycles. The molecule has 0 aliphatic rings. The van der Waals surface area contributed by atoms with E-state index < -0.39 is 0 Å². The minimum absolute atomic E-state index is 0.341. The molecule has 1 unspecified atom stereocenters. The van der Waals surface area contributed by atoms with Gasteiger partial charge in [0.15, 0.2) is 0 Å². The number of rotatable bonds is 18. The van der Waals surface area contributed by atoms with Gasteiger partial charge in [0.2, 0.25) is 0 Å². The monoisotopic (exact) mass is 546 g/mol. The summed E-state index contributed by atoms with van der Waals surface area (Å²) in [7, 11) is 0. The number of carbonyl (C=O) groups excluding carboxylic acids is 1. The Bertz CT molecular complexity index is 1070. The van der Waals surface area contributed by atoms with Gasteiger partial charge in [-0.3, -0.25) is 0 Å². The molecule has 0 heterocycles. The van der Waals surface area contributed by atoms with Gasteiger partial charge in [0.1, 0.15) is 11.5 Å². The van der Waals surface area contributed by atoms with E-state index in [0.717, 1.165) is 42.1 Å². The molecule has 0 fully saturated rings. The predicted molar refractivity (Wildman–Crippen MR) is 167 cm³/mol. The Kier molecular flexibility index (Phi) is 14.1. The van der Waals surface area contributed by atoms with Crippen LogP contribution < -0.4 is 9.47 Å². The lowest BCUT2D eigenvalue weighted by Crippen LogP contribution is -2.08. The summed E-state index contributed by atoms with van der Waals surface area (Å²) in [6.07, 6.45) is 11.4. The first-order chi connectivity index (χ1) is 19.1. The number of hydrogen-bond acceptors (Lipinski definition) is 4. The SMILES string of the molecule is CCCCCCCCCCOc1ccc(-c2ccc(C(=O)Oc3ccc(CC(C)CSCC)cc3)cc2)cc1. The van der Waals surface area contributed by atoms with E-state index in [9.17, 15) is 4.79 Å². The molecule has 0 saturated heterocycles. The molecule has 3 rings (SSSR count). The Hall–Kier alpha value is -2.72. The number of thioether (sulfide) groups is 1. The summed E-state index contributed by atoms with van der Waals surface area (Å²) >= 11 is 1.98. The van der Waals surface area contributed by atoms with Gasteiger partial charge in [-0.15, -0.1) is 0 Å². The Balaban J connectivity index is 1.41. The fourth-order valence-corrected chi connectivity index (χ4v) is 5.36. The van der Waals surface area contributed by atoms with Gasteiger partial charge in [-0.05, 0) is 83.4 Å². The van der Waals surface area contributed by atoms with Crippen LogP contribution in [0.2, 0.25) is 0 Å². The second kappa shape index (κ2) is 17.8. The standard InChI is InChI=1S/C35H46O3S/c1-4-6-7-8-9-10-11-12-25-37-33-23-19-31(20-24-33)30-15-17-32(18-16-30)35(36)38-34-21-13-29(14-22-34)26-28(3)27-39-5-2/h13-24,28H,4-12,25-27H2,1-3H3. The molecule has 210 valence electrons. The van der Waals surface area contributed by atoms with Gasteiger partial charge >= 0.3 is 5.97 Å². The minimum atomic E-state index is -0.341. The molecule has 1 atom stereocenters. The molecule has 0 radical (unpaired) electrons. The van der Waals surface area contributed by atoms with Crippen LogP contribution in [-0.2, 0) is 6.42 Å². The van der Waals surface area contributed by atoms with E-state index in [2.05, 4.69) is 45.0 Å². The molecular weight excluding hydrogens is 500 g/mol. The van der Waals surface area contributed by atoms with E-state index in [1.807, 2.05) is 60.3 Å². The molecule has 0 aromatic heterocycles. The number of carbonyl (C=O) groups is 1. The predicted octanol–water partition coefficient (Wildman–Crippen LogP) is 10.0. The highest BCUT2D eigenvalue weighted by molar-refractivity contribution is 7.99. The summed E-state index contributed by atoms with van der Waals surface area (Å²) in [5, 5.41) is 0. The van der Waals surface area contributed by atoms with Gasteiger partial charge in [0, 0.05) is 0 Å². The maximum atomic E-state index is 12.7. The highest BCUT2D eigenvalue weighted by Crippen LogP contribution is 2.24. The average Bonchev–Trinajstić information content (AvgIpc) is 2.96. The van der Waals surface area contributed by atoms with E-state index >= 15 is 0 Å². The van der Waals surface area contributed by atoms with Gasteiger partial charge in [-0.2, -0.15) is 11.8 Å². The van der Waals surface area contributed by atoms with Gasteiger partial charge in [-0.25, -0.2) is 4.79 Å². The van der Waals surface area contributed by atoms with Crippen molar-refractivity contribution in [2.75, 3.05) is 18.1 Å². The van der Waals surface area contributed by atoms with Crippen LogP contribution in [0.1, 0.15) is 88.1 Å². The van der Waals surface area contributed by atoms with E-state index in [-0.39, 0.29) is 5.97 Å². The Morgan fingerprint density at radius 3 is 1.90 bits per heavy atom. The normalized spacial score (nSPS) is 11.8. The molecule has 0 aliphatic heterocycles. The molecule has 0 spiro atoms. The van der Waals surface area contributed by atoms with Crippen molar-refractivity contribution in [3.8, 4) is 22.6 Å². The molecule has 3 nitrogen and oxygen atoms in total. The lowest BCUT2D eigenvalue weighted by Gasteiger charge is -2.11. The van der Waals surface area contributed by atoms with Crippen LogP contribution in [0.3, 0.4) is 0 Å². The lowest BCUT2D eigenvalue weighted by molar-refractivity contribution is 0.0734. The molecule has 0 amide bonds. The van der Waals surface area contributed by atoms with E-state index in [1.165, 1.54) is 56.3 Å². The summed E-state index contributed by atoms with van der Waals surface area (Å²) in [6, 6.07) is 23.7. The number of benzene rings is 3. The number of hydrogen-bond donors (Lipinski definition) is 0. The maximum absolute atomic E-state index is 12.7. The maximum Gasteiger partial charge on any atom is 0.343 e. The largest absolute Gasteiger partial charge is 0.494 e. The highest BCUT2D eigenvalue weighted by atomic mass is 32.2. The van der Waals surface area contributed by atoms with Crippen molar-refractivity contribution in [3.63, 3.8) is 0 Å². The van der Waals surface area contributed by atoms with E-state index in [1.54, 1.807) is 0 Å². The second-order valence-corrected chi connectivity index (χ2v) is 11.7. The van der Waals surface area contributed by atoms with E-state index in [0.29, 0.717) is 17.2 Å². The van der Waals surface area contributed by atoms with Gasteiger partial charge in [0.05, 0.1) is 12.2 Å². The van der Waals surface area contributed by atoms with Crippen molar-refractivity contribution in [1.82, 2.24) is 0 Å². The zero-order valence-corrected chi connectivity index (χ0v) is 24.9. The molecule has 0 N–H and O–H groups in total. The van der Waals surface area contributed by atoms with Crippen LogP contribution in [0.4, 0.5) is 0 Å². The zero-order chi connectivity index (χ0) is 27.7. The first-order valence-electron chi connectivity index (χ1n) is 14.8. The zero-order valence-electron chi connectivity index (χ0n) is 24.1. The summed E-state index contributed by atoms with van der Waals surface area (Å²) < 4.78 is 11.5. The number of esters is 1. The average molecular weight is 547 g/mol. The van der Waals surface area contributed by atoms with Gasteiger partial charge < -0.3 is 9.47 Å². The first kappa shape index (κ1) is 30.8. The van der Waals surface area contributed by atoms with Gasteiger partial charge in [-0.1, -0.05) is 102 Å². The minimum Gasteiger partial charge on any atom is -0.494 e. The quantitative estimate of drug-likeness (QED) is 0.0903. The smallest absolute Gasteiger partial charge is 0.343 e. The van der Waals surface area contributed by atoms with Crippen LogP contribution in [0.25, 0.3) is 11.1 Å². The molecule has 3 aromatic rings. The molecule has 4 heteroatoms. The van der Waals surface area contributed by atoms with Crippen LogP contribution in [0, 0.1) is 5.92 Å². The third-order valence-corrected chi connectivity index (χ3v) is 8.11. The molecule has 39 heavy (non-hydrogen) atoms. The topological polar surface area (TPSA) is 35.5 Å². The third-order valence-electron chi connectivity index (χ3n) is 6.90. The second-order valence-electron chi connectivity index (χ2n) is 10.4. The Morgan fingerprint density at radius 1 is 0.718 bits per heavy atom. The summed E-state index contributed by atoms with van der Waals surface area (Å²) in [4.78, 5) is 12.7. The van der Waals surface area contributed by atoms with Gasteiger partial charge in [0.25, 0.3) is 0 Å². The Morgan fingerprint density at radius 2 is 1.28 bits per heavy atom. The van der Waals surface area contributed by atoms with Crippen LogP contribution in [0.15, 0.2) is 72.8 Å². The van der Waals surface area contributed by atoms with E-state index in [4.69, 9.17) is 9.47 Å². The lowest BCUT2D eigenvalue weighted by atomic mass is 10.0. The summed E-state index contributed by atoms with van der Waals surface area (Å²) in [6.45, 7) is 7.50. The number of unbranched alkanes of at least 4 members (excludes halogenated alkanes) is 7. The van der Waals surface area contributed by atoms with Crippen LogP contribution in [-0.4, -0.2) is 24.1 Å². The Labute approximate surface area is 240 Å². The molecule has 0 bridgehead atoms. The summed E-state index contributed by atoms with van der Waals surface area (Å²) in [5.74, 6) is 4.09. The molecular formula is C35H46O3S. The van der Waals surface area contributed by atoms with Crippen molar-refractivity contribution in [3.05, 3.63) is 83.9 Å². The van der Waals surface area contributed by atoms with Crippen molar-refractivity contribution in [2.24, 2.45) is 5.92 Å². The summed E-state index contributed by atoms with van der Waals surface area (Å²) in [5.41, 5.74) is 3.96. The fraction of sp³-hybridized carbons (Fsp3) is 0.457. The van der Waals surface area contributed by atoms with Crippen molar-refractivity contribution in [2.45, 2.75) is 78.6 Å². The number of ether oxygens (including phenoxy) is 2. The first-order valence-corrected chi connectivity index (χ1v) is 16.0. The van der Waals surface area contributed by atoms with Crippen molar-refractivity contribution < 1.29 is 14.3 Å².